The van der Waals surface area contributed by atoms with Crippen LogP contribution >= 0.6 is 0 Å². The highest BCUT2D eigenvalue weighted by molar-refractivity contribution is 7.89. The summed E-state index contributed by atoms with van der Waals surface area (Å²) in [5.74, 6) is 0.268. The van der Waals surface area contributed by atoms with Crippen LogP contribution in [0.1, 0.15) is 18.4 Å². The van der Waals surface area contributed by atoms with Crippen LogP contribution in [0.25, 0.3) is 0 Å². The summed E-state index contributed by atoms with van der Waals surface area (Å²) in [7, 11) is -3.39. The Labute approximate surface area is 101 Å². The summed E-state index contributed by atoms with van der Waals surface area (Å²) >= 11 is 0. The van der Waals surface area contributed by atoms with E-state index in [1.165, 1.54) is 6.07 Å². The average molecular weight is 261 g/mol. The van der Waals surface area contributed by atoms with E-state index in [0.29, 0.717) is 30.8 Å². The molecule has 0 bridgehead atoms. The van der Waals surface area contributed by atoms with E-state index in [4.69, 9.17) is 9.88 Å². The first-order valence-electron chi connectivity index (χ1n) is 5.28. The van der Waals surface area contributed by atoms with Gasteiger partial charge in [-0.05, 0) is 43.5 Å². The number of primary sulfonamides is 1. The van der Waals surface area contributed by atoms with E-state index in [1.54, 1.807) is 19.1 Å². The van der Waals surface area contributed by atoms with Gasteiger partial charge in [-0.15, -0.1) is 0 Å². The predicted molar refractivity (Wildman–Crippen MR) is 63.8 cm³/mol. The first-order valence-corrected chi connectivity index (χ1v) is 6.99. The van der Waals surface area contributed by atoms with E-state index in [9.17, 15) is 12.8 Å². The zero-order valence-corrected chi connectivity index (χ0v) is 10.5. The third-order valence-electron chi connectivity index (χ3n) is 2.22. The van der Waals surface area contributed by atoms with Gasteiger partial charge in [-0.2, -0.15) is 0 Å². The monoisotopic (exact) mass is 261 g/mol. The first-order chi connectivity index (χ1) is 7.88. The number of sulfonamides is 1. The Kier molecular flexibility index (Phi) is 4.89. The molecule has 1 aromatic rings. The molecule has 1 rings (SSSR count). The van der Waals surface area contributed by atoms with Gasteiger partial charge >= 0.3 is 0 Å². The van der Waals surface area contributed by atoms with Crippen LogP contribution in [0, 0.1) is 12.7 Å². The van der Waals surface area contributed by atoms with E-state index >= 15 is 0 Å². The molecular formula is C11H16FNO3S. The third kappa shape index (κ3) is 5.65. The van der Waals surface area contributed by atoms with Gasteiger partial charge < -0.3 is 4.74 Å². The van der Waals surface area contributed by atoms with Crippen LogP contribution in [0.4, 0.5) is 4.39 Å². The van der Waals surface area contributed by atoms with Crippen molar-refractivity contribution >= 4 is 10.0 Å². The molecule has 0 saturated carbocycles. The zero-order chi connectivity index (χ0) is 12.9. The van der Waals surface area contributed by atoms with Gasteiger partial charge in [-0.3, -0.25) is 0 Å². The van der Waals surface area contributed by atoms with Crippen molar-refractivity contribution in [2.24, 2.45) is 5.14 Å². The minimum atomic E-state index is -3.39. The summed E-state index contributed by atoms with van der Waals surface area (Å²) < 4.78 is 39.6. The fourth-order valence-electron chi connectivity index (χ4n) is 1.30. The lowest BCUT2D eigenvalue weighted by Gasteiger charge is -2.06. The van der Waals surface area contributed by atoms with Crippen LogP contribution in [0.3, 0.4) is 0 Å². The maximum atomic E-state index is 12.9. The molecule has 0 aliphatic rings. The molecule has 0 aliphatic heterocycles. The fraction of sp³-hybridized carbons (Fsp3) is 0.455. The Morgan fingerprint density at radius 3 is 2.65 bits per heavy atom. The van der Waals surface area contributed by atoms with Gasteiger partial charge in [0.05, 0.1) is 12.4 Å². The van der Waals surface area contributed by atoms with Crippen molar-refractivity contribution in [3.63, 3.8) is 0 Å². The summed E-state index contributed by atoms with van der Waals surface area (Å²) in [5.41, 5.74) is 0.520. The molecule has 0 amide bonds. The minimum Gasteiger partial charge on any atom is -0.494 e. The lowest BCUT2D eigenvalue weighted by Crippen LogP contribution is -2.16. The molecule has 0 unspecified atom stereocenters. The van der Waals surface area contributed by atoms with Gasteiger partial charge in [-0.1, -0.05) is 0 Å². The molecule has 0 atom stereocenters. The van der Waals surface area contributed by atoms with Crippen LogP contribution < -0.4 is 9.88 Å². The number of hydrogen-bond acceptors (Lipinski definition) is 3. The lowest BCUT2D eigenvalue weighted by molar-refractivity contribution is 0.309. The SMILES string of the molecule is Cc1cc(OCCCCS(N)(=O)=O)ccc1F. The van der Waals surface area contributed by atoms with E-state index in [2.05, 4.69) is 0 Å². The number of ether oxygens (including phenoxy) is 1. The smallest absolute Gasteiger partial charge is 0.209 e. The van der Waals surface area contributed by atoms with Gasteiger partial charge in [0.1, 0.15) is 11.6 Å². The Morgan fingerprint density at radius 2 is 2.06 bits per heavy atom. The number of halogens is 1. The Balaban J connectivity index is 2.29. The van der Waals surface area contributed by atoms with Crippen LogP contribution in [0.15, 0.2) is 18.2 Å². The molecule has 0 aliphatic carbocycles. The molecule has 0 heterocycles. The second kappa shape index (κ2) is 5.97. The average Bonchev–Trinajstić information content (AvgIpc) is 2.21. The van der Waals surface area contributed by atoms with Gasteiger partial charge in [0.2, 0.25) is 10.0 Å². The Morgan fingerprint density at radius 1 is 1.35 bits per heavy atom. The largest absolute Gasteiger partial charge is 0.494 e. The second-order valence-electron chi connectivity index (χ2n) is 3.83. The predicted octanol–water partition coefficient (Wildman–Crippen LogP) is 1.58. The highest BCUT2D eigenvalue weighted by Gasteiger charge is 2.03. The maximum Gasteiger partial charge on any atom is 0.209 e. The summed E-state index contributed by atoms with van der Waals surface area (Å²) in [5, 5.41) is 4.86. The van der Waals surface area contributed by atoms with Crippen LogP contribution in [0.5, 0.6) is 5.75 Å². The Hall–Kier alpha value is -1.14. The second-order valence-corrected chi connectivity index (χ2v) is 5.57. The van der Waals surface area contributed by atoms with Gasteiger partial charge in [0.15, 0.2) is 0 Å². The molecule has 0 radical (unpaired) electrons. The fourth-order valence-corrected chi connectivity index (χ4v) is 1.91. The summed E-state index contributed by atoms with van der Waals surface area (Å²) in [6.45, 7) is 2.05. The molecular weight excluding hydrogens is 245 g/mol. The number of rotatable bonds is 6. The molecule has 0 spiro atoms. The van der Waals surface area contributed by atoms with Crippen molar-refractivity contribution in [3.8, 4) is 5.75 Å². The first kappa shape index (κ1) is 13.9. The standard InChI is InChI=1S/C11H16FNO3S/c1-9-8-10(4-5-11(9)12)16-6-2-3-7-17(13,14)15/h4-5,8H,2-3,6-7H2,1H3,(H2,13,14,15). The minimum absolute atomic E-state index is 0.0429. The molecule has 1 aromatic carbocycles. The third-order valence-corrected chi connectivity index (χ3v) is 3.08. The van der Waals surface area contributed by atoms with Crippen molar-refractivity contribution in [1.82, 2.24) is 0 Å². The van der Waals surface area contributed by atoms with Crippen molar-refractivity contribution in [1.29, 1.82) is 0 Å². The highest BCUT2D eigenvalue weighted by atomic mass is 32.2. The summed E-state index contributed by atoms with van der Waals surface area (Å²) in [6.07, 6.45) is 1.05. The lowest BCUT2D eigenvalue weighted by atomic mass is 10.2. The van der Waals surface area contributed by atoms with E-state index < -0.39 is 10.0 Å². The molecule has 0 fully saturated rings. The molecule has 0 aromatic heterocycles. The van der Waals surface area contributed by atoms with Crippen LogP contribution in [-0.4, -0.2) is 20.8 Å². The number of hydrogen-bond donors (Lipinski definition) is 1. The number of unbranched alkanes of at least 4 members (excludes halogenated alkanes) is 1. The van der Waals surface area contributed by atoms with Crippen molar-refractivity contribution in [2.45, 2.75) is 19.8 Å². The van der Waals surface area contributed by atoms with E-state index in [1.807, 2.05) is 0 Å². The molecule has 4 nitrogen and oxygen atoms in total. The normalized spacial score (nSPS) is 11.5. The molecule has 0 saturated heterocycles. The summed E-state index contributed by atoms with van der Waals surface area (Å²) in [6, 6.07) is 4.49. The maximum absolute atomic E-state index is 12.9. The van der Waals surface area contributed by atoms with Crippen LogP contribution in [-0.2, 0) is 10.0 Å². The molecule has 96 valence electrons. The number of aryl methyl sites for hydroxylation is 1. The van der Waals surface area contributed by atoms with Gasteiger partial charge in [0, 0.05) is 0 Å². The van der Waals surface area contributed by atoms with Crippen molar-refractivity contribution in [3.05, 3.63) is 29.6 Å². The topological polar surface area (TPSA) is 69.4 Å². The van der Waals surface area contributed by atoms with E-state index in [0.717, 1.165) is 0 Å². The summed E-state index contributed by atoms with van der Waals surface area (Å²) in [4.78, 5) is 0. The Bertz CT molecular complexity index is 474. The van der Waals surface area contributed by atoms with Crippen LogP contribution in [0.2, 0.25) is 0 Å². The number of benzene rings is 1. The van der Waals surface area contributed by atoms with Gasteiger partial charge in [-0.25, -0.2) is 17.9 Å². The van der Waals surface area contributed by atoms with Crippen molar-refractivity contribution < 1.29 is 17.5 Å². The van der Waals surface area contributed by atoms with Crippen molar-refractivity contribution in [2.75, 3.05) is 12.4 Å². The molecule has 17 heavy (non-hydrogen) atoms. The highest BCUT2D eigenvalue weighted by Crippen LogP contribution is 2.16. The molecule has 2 N–H and O–H groups in total. The van der Waals surface area contributed by atoms with Gasteiger partial charge in [0.25, 0.3) is 0 Å². The zero-order valence-electron chi connectivity index (χ0n) is 9.65. The molecule has 6 heteroatoms. The quantitative estimate of drug-likeness (QED) is 0.790. The van der Waals surface area contributed by atoms with E-state index in [-0.39, 0.29) is 11.6 Å². The number of nitrogens with two attached hydrogens (primary N) is 1.